The zero-order valence-electron chi connectivity index (χ0n) is 14.3. The van der Waals surface area contributed by atoms with Gasteiger partial charge in [0.15, 0.2) is 9.84 Å². The van der Waals surface area contributed by atoms with Crippen molar-refractivity contribution in [3.05, 3.63) is 65.1 Å². The summed E-state index contributed by atoms with van der Waals surface area (Å²) < 4.78 is 42.1. The summed E-state index contributed by atoms with van der Waals surface area (Å²) in [6, 6.07) is 9.57. The topological polar surface area (TPSA) is 122 Å². The number of carboxylic acids is 1. The van der Waals surface area contributed by atoms with Crippen molar-refractivity contribution in [2.75, 3.05) is 6.26 Å². The molecule has 10 heteroatoms. The van der Waals surface area contributed by atoms with Crippen LogP contribution < -0.4 is 4.74 Å². The summed E-state index contributed by atoms with van der Waals surface area (Å²) in [7, 11) is -3.30. The number of hydrogen-bond acceptors (Lipinski definition) is 6. The quantitative estimate of drug-likeness (QED) is 0.643. The summed E-state index contributed by atoms with van der Waals surface area (Å²) in [5.41, 5.74) is 0.361. The number of nitrogens with zero attached hydrogens (tertiary/aromatic N) is 2. The number of H-pyrrole nitrogens is 1. The van der Waals surface area contributed by atoms with Gasteiger partial charge in [0.05, 0.1) is 4.90 Å². The fourth-order valence-corrected chi connectivity index (χ4v) is 2.80. The molecule has 0 bridgehead atoms. The number of aromatic nitrogens is 3. The van der Waals surface area contributed by atoms with E-state index in [9.17, 15) is 17.6 Å². The van der Waals surface area contributed by atoms with E-state index in [4.69, 9.17) is 9.84 Å². The molecule has 142 valence electrons. The predicted molar refractivity (Wildman–Crippen MR) is 95.3 cm³/mol. The minimum atomic E-state index is -3.30. The molecule has 3 aromatic rings. The summed E-state index contributed by atoms with van der Waals surface area (Å²) in [5.74, 6) is 3.30. The van der Waals surface area contributed by atoms with Crippen LogP contribution in [0, 0.1) is 17.7 Å². The largest absolute Gasteiger partial charge is 0.476 e. The minimum absolute atomic E-state index is 0.00488. The van der Waals surface area contributed by atoms with Gasteiger partial charge in [-0.25, -0.2) is 22.7 Å². The summed E-state index contributed by atoms with van der Waals surface area (Å²) in [6.07, 6.45) is 1.10. The number of halogens is 1. The van der Waals surface area contributed by atoms with Crippen LogP contribution in [-0.4, -0.2) is 41.2 Å². The lowest BCUT2D eigenvalue weighted by molar-refractivity contribution is 0.0687. The molecule has 8 nitrogen and oxygen atoms in total. The maximum absolute atomic E-state index is 13.9. The highest BCUT2D eigenvalue weighted by molar-refractivity contribution is 7.90. The molecule has 0 spiro atoms. The number of benzene rings is 2. The molecular weight excluding hydrogens is 389 g/mol. The van der Waals surface area contributed by atoms with Crippen molar-refractivity contribution < 1.29 is 27.4 Å². The van der Waals surface area contributed by atoms with Crippen LogP contribution in [0.3, 0.4) is 0 Å². The van der Waals surface area contributed by atoms with Crippen molar-refractivity contribution in [2.45, 2.75) is 4.90 Å². The summed E-state index contributed by atoms with van der Waals surface area (Å²) >= 11 is 0. The van der Waals surface area contributed by atoms with E-state index in [1.54, 1.807) is 0 Å². The molecule has 1 heterocycles. The van der Waals surface area contributed by atoms with Crippen LogP contribution >= 0.6 is 0 Å². The SMILES string of the molecule is CS(=O)(=O)c1ccc(C#Cc2cc(F)cc(Oc3[nH]nnc3C(=O)O)c2)cc1. The van der Waals surface area contributed by atoms with Gasteiger partial charge in [-0.05, 0) is 36.4 Å². The van der Waals surface area contributed by atoms with E-state index in [-0.39, 0.29) is 22.1 Å². The molecule has 2 aromatic carbocycles. The normalized spacial score (nSPS) is 10.8. The highest BCUT2D eigenvalue weighted by Gasteiger charge is 2.17. The lowest BCUT2D eigenvalue weighted by Gasteiger charge is -2.04. The average molecular weight is 401 g/mol. The second-order valence-corrected chi connectivity index (χ2v) is 7.63. The highest BCUT2D eigenvalue weighted by Crippen LogP contribution is 2.23. The van der Waals surface area contributed by atoms with E-state index < -0.39 is 27.3 Å². The molecule has 0 aliphatic rings. The second-order valence-electron chi connectivity index (χ2n) is 5.62. The van der Waals surface area contributed by atoms with E-state index in [1.165, 1.54) is 36.4 Å². The fourth-order valence-electron chi connectivity index (χ4n) is 2.17. The monoisotopic (exact) mass is 401 g/mol. The Balaban J connectivity index is 1.85. The molecule has 0 aliphatic heterocycles. The zero-order chi connectivity index (χ0) is 20.3. The van der Waals surface area contributed by atoms with Crippen LogP contribution in [-0.2, 0) is 9.84 Å². The maximum atomic E-state index is 13.9. The Morgan fingerprint density at radius 2 is 1.82 bits per heavy atom. The molecule has 0 radical (unpaired) electrons. The van der Waals surface area contributed by atoms with Crippen LogP contribution in [0.25, 0.3) is 0 Å². The van der Waals surface area contributed by atoms with Crippen LogP contribution in [0.1, 0.15) is 21.6 Å². The van der Waals surface area contributed by atoms with E-state index in [0.717, 1.165) is 12.3 Å². The highest BCUT2D eigenvalue weighted by atomic mass is 32.2. The Bertz CT molecular complexity index is 1210. The Hall–Kier alpha value is -3.71. The van der Waals surface area contributed by atoms with Gasteiger partial charge in [-0.3, -0.25) is 0 Å². The molecule has 2 N–H and O–H groups in total. The van der Waals surface area contributed by atoms with Gasteiger partial charge in [-0.1, -0.05) is 17.1 Å². The third kappa shape index (κ3) is 4.52. The van der Waals surface area contributed by atoms with E-state index in [1.807, 2.05) is 0 Å². The molecule has 0 saturated carbocycles. The first-order valence-corrected chi connectivity index (χ1v) is 9.56. The standard InChI is InChI=1S/C18H12FN3O5S/c1-28(25,26)15-6-4-11(5-7-15)2-3-12-8-13(19)10-14(9-12)27-17-16(18(23)24)20-22-21-17/h4-10H,1H3,(H,23,24)(H,20,21,22). The third-order valence-corrected chi connectivity index (χ3v) is 4.57. The molecule has 1 aromatic heterocycles. The van der Waals surface area contributed by atoms with Gasteiger partial charge < -0.3 is 9.84 Å². The lowest BCUT2D eigenvalue weighted by Crippen LogP contribution is -2.00. The molecule has 0 fully saturated rings. The van der Waals surface area contributed by atoms with Crippen molar-refractivity contribution >= 4 is 15.8 Å². The van der Waals surface area contributed by atoms with Gasteiger partial charge in [0.1, 0.15) is 11.6 Å². The average Bonchev–Trinajstić information content (AvgIpc) is 3.07. The van der Waals surface area contributed by atoms with E-state index >= 15 is 0 Å². The number of aromatic amines is 1. The molecule has 0 aliphatic carbocycles. The number of nitrogens with one attached hydrogen (secondary N) is 1. The molecule has 0 atom stereocenters. The number of sulfone groups is 1. The Morgan fingerprint density at radius 3 is 2.46 bits per heavy atom. The number of carboxylic acid groups (broad SMARTS) is 1. The minimum Gasteiger partial charge on any atom is -0.476 e. The number of aromatic carboxylic acids is 1. The molecule has 0 saturated heterocycles. The third-order valence-electron chi connectivity index (χ3n) is 3.44. The first-order valence-electron chi connectivity index (χ1n) is 7.67. The Labute approximate surface area is 158 Å². The summed E-state index contributed by atoms with van der Waals surface area (Å²) in [4.78, 5) is 11.2. The van der Waals surface area contributed by atoms with Crippen molar-refractivity contribution in [3.8, 4) is 23.5 Å². The van der Waals surface area contributed by atoms with E-state index in [0.29, 0.717) is 5.56 Å². The van der Waals surface area contributed by atoms with E-state index in [2.05, 4.69) is 27.3 Å². The fraction of sp³-hybridized carbons (Fsp3) is 0.0556. The maximum Gasteiger partial charge on any atom is 0.362 e. The molecule has 0 amide bonds. The molecule has 0 unspecified atom stereocenters. The van der Waals surface area contributed by atoms with Crippen molar-refractivity contribution in [1.82, 2.24) is 15.4 Å². The van der Waals surface area contributed by atoms with Crippen molar-refractivity contribution in [3.63, 3.8) is 0 Å². The number of hydrogen-bond donors (Lipinski definition) is 2. The number of rotatable bonds is 4. The van der Waals surface area contributed by atoms with Gasteiger partial charge in [-0.2, -0.15) is 0 Å². The second kappa shape index (κ2) is 7.50. The van der Waals surface area contributed by atoms with Crippen LogP contribution in [0.2, 0.25) is 0 Å². The van der Waals surface area contributed by atoms with Crippen molar-refractivity contribution in [2.24, 2.45) is 0 Å². The first kappa shape index (κ1) is 19.1. The Kier molecular flexibility index (Phi) is 5.10. The molecular formula is C18H12FN3O5S. The lowest BCUT2D eigenvalue weighted by atomic mass is 10.1. The summed E-state index contributed by atoms with van der Waals surface area (Å²) in [5, 5.41) is 18.0. The first-order chi connectivity index (χ1) is 13.2. The van der Waals surface area contributed by atoms with Gasteiger partial charge in [-0.15, -0.1) is 5.10 Å². The Morgan fingerprint density at radius 1 is 1.14 bits per heavy atom. The summed E-state index contributed by atoms with van der Waals surface area (Å²) in [6.45, 7) is 0. The smallest absolute Gasteiger partial charge is 0.362 e. The molecule has 3 rings (SSSR count). The van der Waals surface area contributed by atoms with Gasteiger partial charge >= 0.3 is 5.97 Å². The number of carbonyl (C=O) groups is 1. The predicted octanol–water partition coefficient (Wildman–Crippen LogP) is 2.24. The van der Waals surface area contributed by atoms with Gasteiger partial charge in [0.25, 0.3) is 5.88 Å². The van der Waals surface area contributed by atoms with Crippen molar-refractivity contribution in [1.29, 1.82) is 0 Å². The number of ether oxygens (including phenoxy) is 1. The van der Waals surface area contributed by atoms with Crippen LogP contribution in [0.4, 0.5) is 4.39 Å². The van der Waals surface area contributed by atoms with Crippen LogP contribution in [0.15, 0.2) is 47.4 Å². The molecule has 28 heavy (non-hydrogen) atoms. The zero-order valence-corrected chi connectivity index (χ0v) is 15.1. The van der Waals surface area contributed by atoms with Crippen LogP contribution in [0.5, 0.6) is 11.6 Å². The van der Waals surface area contributed by atoms with Gasteiger partial charge in [0, 0.05) is 23.4 Å². The van der Waals surface area contributed by atoms with Gasteiger partial charge in [0.2, 0.25) is 5.69 Å².